The van der Waals surface area contributed by atoms with E-state index in [-0.39, 0.29) is 0 Å². The van der Waals surface area contributed by atoms with Crippen LogP contribution in [0.4, 0.5) is 19.1 Å². The molecule has 0 spiro atoms. The molecule has 0 fully saturated rings. The van der Waals surface area contributed by atoms with Crippen LogP contribution in [0.3, 0.4) is 0 Å². The van der Waals surface area contributed by atoms with Gasteiger partial charge < -0.3 is 5.32 Å². The number of aryl methyl sites for hydroxylation is 1. The Bertz CT molecular complexity index is 594. The highest BCUT2D eigenvalue weighted by atomic mass is 19.4. The summed E-state index contributed by atoms with van der Waals surface area (Å²) in [5.41, 5.74) is 0.874. The molecule has 0 aliphatic rings. The summed E-state index contributed by atoms with van der Waals surface area (Å²) in [4.78, 5) is 8.26. The molecule has 0 saturated heterocycles. The number of alkyl halides is 3. The van der Waals surface area contributed by atoms with Crippen molar-refractivity contribution in [3.05, 3.63) is 41.6 Å². The van der Waals surface area contributed by atoms with Crippen LogP contribution in [0.1, 0.15) is 11.3 Å². The van der Waals surface area contributed by atoms with Crippen molar-refractivity contribution in [1.82, 2.24) is 9.97 Å². The molecule has 0 radical (unpaired) electrons. The molecule has 0 atom stereocenters. The fourth-order valence-corrected chi connectivity index (χ4v) is 1.68. The predicted molar refractivity (Wildman–Crippen MR) is 66.8 cm³/mol. The van der Waals surface area contributed by atoms with E-state index in [9.17, 15) is 13.2 Å². The number of rotatable bonds is 2. The summed E-state index contributed by atoms with van der Waals surface area (Å²) in [5.74, 6) is 0.382. The van der Waals surface area contributed by atoms with E-state index in [1.54, 1.807) is 26.1 Å². The molecule has 3 nitrogen and oxygen atoms in total. The van der Waals surface area contributed by atoms with E-state index in [0.29, 0.717) is 22.9 Å². The van der Waals surface area contributed by atoms with E-state index in [4.69, 9.17) is 0 Å². The largest absolute Gasteiger partial charge is 0.416 e. The van der Waals surface area contributed by atoms with Crippen molar-refractivity contribution in [3.8, 4) is 11.3 Å². The highest BCUT2D eigenvalue weighted by molar-refractivity contribution is 5.61. The van der Waals surface area contributed by atoms with Gasteiger partial charge in [-0.1, -0.05) is 12.1 Å². The predicted octanol–water partition coefficient (Wildman–Crippen LogP) is 3.51. The lowest BCUT2D eigenvalue weighted by molar-refractivity contribution is -0.137. The van der Waals surface area contributed by atoms with Crippen molar-refractivity contribution < 1.29 is 13.2 Å². The summed E-state index contributed by atoms with van der Waals surface area (Å²) < 4.78 is 38.0. The van der Waals surface area contributed by atoms with Crippen LogP contribution < -0.4 is 5.32 Å². The van der Waals surface area contributed by atoms with Crippen LogP contribution in [0, 0.1) is 6.92 Å². The fourth-order valence-electron chi connectivity index (χ4n) is 1.68. The zero-order valence-corrected chi connectivity index (χ0v) is 10.4. The molecule has 6 heteroatoms. The average Bonchev–Trinajstić information content (AvgIpc) is 2.37. The Hall–Kier alpha value is -2.11. The minimum absolute atomic E-state index is 0.382. The van der Waals surface area contributed by atoms with Crippen molar-refractivity contribution in [2.24, 2.45) is 0 Å². The van der Waals surface area contributed by atoms with Crippen LogP contribution in [-0.2, 0) is 6.18 Å². The van der Waals surface area contributed by atoms with Gasteiger partial charge in [0.1, 0.15) is 0 Å². The smallest absolute Gasteiger partial charge is 0.357 e. The number of anilines is 1. The SMILES string of the molecule is CNc1nc(C)cc(-c2cccc(C(F)(F)F)c2)n1. The molecule has 19 heavy (non-hydrogen) atoms. The Kier molecular flexibility index (Phi) is 3.42. The topological polar surface area (TPSA) is 37.8 Å². The zero-order chi connectivity index (χ0) is 14.0. The normalized spacial score (nSPS) is 11.4. The summed E-state index contributed by atoms with van der Waals surface area (Å²) in [6, 6.07) is 6.74. The lowest BCUT2D eigenvalue weighted by Gasteiger charge is -2.09. The quantitative estimate of drug-likeness (QED) is 0.904. The fraction of sp³-hybridized carbons (Fsp3) is 0.231. The first-order valence-electron chi connectivity index (χ1n) is 5.61. The molecule has 0 amide bonds. The van der Waals surface area contributed by atoms with Gasteiger partial charge in [0, 0.05) is 18.3 Å². The summed E-state index contributed by atoms with van der Waals surface area (Å²) in [6.07, 6.45) is -4.36. The van der Waals surface area contributed by atoms with Gasteiger partial charge in [-0.3, -0.25) is 0 Å². The van der Waals surface area contributed by atoms with Crippen molar-refractivity contribution in [2.75, 3.05) is 12.4 Å². The molecule has 0 saturated carbocycles. The minimum atomic E-state index is -4.36. The van der Waals surface area contributed by atoms with E-state index < -0.39 is 11.7 Å². The number of benzene rings is 1. The van der Waals surface area contributed by atoms with E-state index in [1.165, 1.54) is 6.07 Å². The van der Waals surface area contributed by atoms with Gasteiger partial charge >= 0.3 is 6.18 Å². The molecular weight excluding hydrogens is 255 g/mol. The molecule has 1 aromatic heterocycles. The number of hydrogen-bond donors (Lipinski definition) is 1. The van der Waals surface area contributed by atoms with Crippen LogP contribution in [0.5, 0.6) is 0 Å². The maximum Gasteiger partial charge on any atom is 0.416 e. The third-order valence-corrected chi connectivity index (χ3v) is 2.56. The summed E-state index contributed by atoms with van der Waals surface area (Å²) >= 11 is 0. The molecule has 2 aromatic rings. The lowest BCUT2D eigenvalue weighted by Crippen LogP contribution is -2.05. The molecule has 0 bridgehead atoms. The minimum Gasteiger partial charge on any atom is -0.357 e. The molecular formula is C13H12F3N3. The Labute approximate surface area is 108 Å². The molecule has 1 aromatic carbocycles. The Balaban J connectivity index is 2.50. The summed E-state index contributed by atoms with van der Waals surface area (Å²) in [6.45, 7) is 1.76. The van der Waals surface area contributed by atoms with Crippen LogP contribution in [-0.4, -0.2) is 17.0 Å². The standard InChI is InChI=1S/C13H12F3N3/c1-8-6-11(19-12(17-2)18-8)9-4-3-5-10(7-9)13(14,15)16/h3-7H,1-2H3,(H,17,18,19). The van der Waals surface area contributed by atoms with Crippen LogP contribution in [0.25, 0.3) is 11.3 Å². The lowest BCUT2D eigenvalue weighted by atomic mass is 10.1. The number of nitrogens with zero attached hydrogens (tertiary/aromatic N) is 2. The maximum absolute atomic E-state index is 12.7. The van der Waals surface area contributed by atoms with Gasteiger partial charge in [0.05, 0.1) is 11.3 Å². The first-order valence-corrected chi connectivity index (χ1v) is 5.61. The molecule has 1 N–H and O–H groups in total. The third kappa shape index (κ3) is 3.01. The second-order valence-electron chi connectivity index (χ2n) is 4.05. The van der Waals surface area contributed by atoms with Crippen LogP contribution in [0.15, 0.2) is 30.3 Å². The Morgan fingerprint density at radius 3 is 2.47 bits per heavy atom. The van der Waals surface area contributed by atoms with Gasteiger partial charge in [-0.2, -0.15) is 13.2 Å². The van der Waals surface area contributed by atoms with Gasteiger partial charge in [0.25, 0.3) is 0 Å². The van der Waals surface area contributed by atoms with Gasteiger partial charge in [-0.25, -0.2) is 9.97 Å². The average molecular weight is 267 g/mol. The maximum atomic E-state index is 12.7. The summed E-state index contributed by atoms with van der Waals surface area (Å²) in [5, 5.41) is 2.78. The highest BCUT2D eigenvalue weighted by Gasteiger charge is 2.30. The number of hydrogen-bond acceptors (Lipinski definition) is 3. The van der Waals surface area contributed by atoms with Crippen molar-refractivity contribution in [1.29, 1.82) is 0 Å². The van der Waals surface area contributed by atoms with E-state index in [0.717, 1.165) is 12.1 Å². The first-order chi connectivity index (χ1) is 8.90. The van der Waals surface area contributed by atoms with Gasteiger partial charge in [-0.05, 0) is 25.1 Å². The summed E-state index contributed by atoms with van der Waals surface area (Å²) in [7, 11) is 1.66. The van der Waals surface area contributed by atoms with Gasteiger partial charge in [-0.15, -0.1) is 0 Å². The molecule has 2 rings (SSSR count). The van der Waals surface area contributed by atoms with E-state index in [2.05, 4.69) is 15.3 Å². The number of halogens is 3. The molecule has 0 unspecified atom stereocenters. The van der Waals surface area contributed by atoms with Crippen LogP contribution >= 0.6 is 0 Å². The van der Waals surface area contributed by atoms with Crippen molar-refractivity contribution >= 4 is 5.95 Å². The van der Waals surface area contributed by atoms with Gasteiger partial charge in [0.2, 0.25) is 5.95 Å². The number of aromatic nitrogens is 2. The molecule has 0 aliphatic carbocycles. The second-order valence-corrected chi connectivity index (χ2v) is 4.05. The Morgan fingerprint density at radius 2 is 1.84 bits per heavy atom. The zero-order valence-electron chi connectivity index (χ0n) is 10.4. The molecule has 1 heterocycles. The van der Waals surface area contributed by atoms with Crippen molar-refractivity contribution in [3.63, 3.8) is 0 Å². The molecule has 0 aliphatic heterocycles. The van der Waals surface area contributed by atoms with E-state index >= 15 is 0 Å². The number of nitrogens with one attached hydrogen (secondary N) is 1. The van der Waals surface area contributed by atoms with Gasteiger partial charge in [0.15, 0.2) is 0 Å². The van der Waals surface area contributed by atoms with E-state index in [1.807, 2.05) is 0 Å². The monoisotopic (exact) mass is 267 g/mol. The Morgan fingerprint density at radius 1 is 1.11 bits per heavy atom. The van der Waals surface area contributed by atoms with Crippen LogP contribution in [0.2, 0.25) is 0 Å². The molecule has 100 valence electrons. The third-order valence-electron chi connectivity index (χ3n) is 2.56. The first kappa shape index (κ1) is 13.3. The highest BCUT2D eigenvalue weighted by Crippen LogP contribution is 2.31. The van der Waals surface area contributed by atoms with Crippen molar-refractivity contribution in [2.45, 2.75) is 13.1 Å². The second kappa shape index (κ2) is 4.87.